The zero-order valence-corrected chi connectivity index (χ0v) is 10.2. The highest BCUT2D eigenvalue weighted by atomic mass is 16.5. The minimum absolute atomic E-state index is 0.0636. The Kier molecular flexibility index (Phi) is 2.71. The second kappa shape index (κ2) is 4.52. The van der Waals surface area contributed by atoms with Gasteiger partial charge in [0.05, 0.1) is 29.5 Å². The zero-order chi connectivity index (χ0) is 13.2. The quantitative estimate of drug-likeness (QED) is 0.769. The number of rotatable bonds is 3. The molecule has 7 heteroatoms. The molecule has 0 amide bonds. The Hall–Kier alpha value is -2.70. The van der Waals surface area contributed by atoms with Crippen molar-refractivity contribution in [2.45, 2.75) is 13.5 Å². The van der Waals surface area contributed by atoms with Crippen molar-refractivity contribution in [3.63, 3.8) is 0 Å². The number of fused-ring (bicyclic) bond motifs is 1. The second-order valence-corrected chi connectivity index (χ2v) is 3.86. The number of hydrogen-bond donors (Lipinski definition) is 1. The minimum Gasteiger partial charge on any atom is -0.493 e. The molecule has 3 heterocycles. The summed E-state index contributed by atoms with van der Waals surface area (Å²) in [5, 5.41) is 14.4. The maximum Gasteiger partial charge on any atom is 0.326 e. The average Bonchev–Trinajstić information content (AvgIpc) is 2.86. The van der Waals surface area contributed by atoms with E-state index in [1.54, 1.807) is 35.5 Å². The number of hydrogen-bond acceptors (Lipinski definition) is 6. The van der Waals surface area contributed by atoms with Crippen LogP contribution in [0.2, 0.25) is 0 Å². The van der Waals surface area contributed by atoms with Gasteiger partial charge in [0.25, 0.3) is 0 Å². The standard InChI is InChI=1S/C12H11N5O2/c1-2-17-7-8(5-14-17)19-12-15-10-6-13-4-3-9(10)11(18)16-12/h3-7H,2H2,1H3,(H,15,16,18). The molecule has 19 heavy (non-hydrogen) atoms. The Labute approximate surface area is 108 Å². The smallest absolute Gasteiger partial charge is 0.326 e. The van der Waals surface area contributed by atoms with Crippen LogP contribution in [0.3, 0.4) is 0 Å². The number of nitrogens with zero attached hydrogens (tertiary/aromatic N) is 5. The van der Waals surface area contributed by atoms with E-state index in [9.17, 15) is 5.11 Å². The SMILES string of the molecule is CCn1cc(Oc2nc(O)c3ccncc3n2)cn1. The molecule has 0 bridgehead atoms. The third-order valence-electron chi connectivity index (χ3n) is 2.60. The summed E-state index contributed by atoms with van der Waals surface area (Å²) in [5.41, 5.74) is 0.521. The third-order valence-corrected chi connectivity index (χ3v) is 2.60. The first-order chi connectivity index (χ1) is 9.26. The number of aromatic hydroxyl groups is 1. The number of aryl methyl sites for hydroxylation is 1. The first-order valence-corrected chi connectivity index (χ1v) is 5.77. The summed E-state index contributed by atoms with van der Waals surface area (Å²) in [7, 11) is 0. The molecular formula is C12H11N5O2. The fraction of sp³-hybridized carbons (Fsp3) is 0.167. The number of pyridine rings is 1. The fourth-order valence-corrected chi connectivity index (χ4v) is 1.66. The van der Waals surface area contributed by atoms with E-state index >= 15 is 0 Å². The lowest BCUT2D eigenvalue weighted by Gasteiger charge is -2.03. The summed E-state index contributed by atoms with van der Waals surface area (Å²) in [6.07, 6.45) is 6.40. The maximum absolute atomic E-state index is 9.80. The monoisotopic (exact) mass is 257 g/mol. The van der Waals surface area contributed by atoms with Gasteiger partial charge in [0.2, 0.25) is 5.88 Å². The van der Waals surface area contributed by atoms with Gasteiger partial charge in [-0.25, -0.2) is 0 Å². The lowest BCUT2D eigenvalue weighted by molar-refractivity contribution is 0.411. The Bertz CT molecular complexity index is 725. The van der Waals surface area contributed by atoms with E-state index in [1.807, 2.05) is 6.92 Å². The van der Waals surface area contributed by atoms with Crippen molar-refractivity contribution in [1.29, 1.82) is 0 Å². The van der Waals surface area contributed by atoms with Crippen molar-refractivity contribution in [2.24, 2.45) is 0 Å². The predicted octanol–water partition coefficient (Wildman–Crippen LogP) is 1.74. The molecule has 0 unspecified atom stereocenters. The summed E-state index contributed by atoms with van der Waals surface area (Å²) < 4.78 is 7.18. The lowest BCUT2D eigenvalue weighted by Crippen LogP contribution is -1.94. The molecule has 1 N–H and O–H groups in total. The highest BCUT2D eigenvalue weighted by Crippen LogP contribution is 2.25. The highest BCUT2D eigenvalue weighted by molar-refractivity contribution is 5.82. The maximum atomic E-state index is 9.80. The highest BCUT2D eigenvalue weighted by Gasteiger charge is 2.09. The molecule has 7 nitrogen and oxygen atoms in total. The molecule has 3 rings (SSSR count). The Balaban J connectivity index is 1.96. The predicted molar refractivity (Wildman–Crippen MR) is 67.0 cm³/mol. The molecule has 0 saturated heterocycles. The van der Waals surface area contributed by atoms with E-state index in [-0.39, 0.29) is 11.9 Å². The zero-order valence-electron chi connectivity index (χ0n) is 10.2. The van der Waals surface area contributed by atoms with Gasteiger partial charge in [-0.15, -0.1) is 0 Å². The molecule has 0 fully saturated rings. The van der Waals surface area contributed by atoms with E-state index in [2.05, 4.69) is 20.1 Å². The van der Waals surface area contributed by atoms with E-state index in [0.717, 1.165) is 6.54 Å². The summed E-state index contributed by atoms with van der Waals surface area (Å²) in [4.78, 5) is 12.0. The molecule has 3 aromatic rings. The van der Waals surface area contributed by atoms with E-state index in [4.69, 9.17) is 4.74 Å². The molecule has 96 valence electrons. The Morgan fingerprint density at radius 2 is 2.21 bits per heavy atom. The molecule has 0 aliphatic carbocycles. The van der Waals surface area contributed by atoms with Crippen LogP contribution in [-0.2, 0) is 6.54 Å². The molecular weight excluding hydrogens is 246 g/mol. The van der Waals surface area contributed by atoms with E-state index in [0.29, 0.717) is 16.7 Å². The average molecular weight is 257 g/mol. The van der Waals surface area contributed by atoms with E-state index in [1.165, 1.54) is 0 Å². The number of ether oxygens (including phenoxy) is 1. The van der Waals surface area contributed by atoms with Gasteiger partial charge >= 0.3 is 6.01 Å². The molecule has 0 radical (unpaired) electrons. The normalized spacial score (nSPS) is 10.8. The summed E-state index contributed by atoms with van der Waals surface area (Å²) >= 11 is 0. The fourth-order valence-electron chi connectivity index (χ4n) is 1.66. The first-order valence-electron chi connectivity index (χ1n) is 5.77. The topological polar surface area (TPSA) is 86.0 Å². The van der Waals surface area contributed by atoms with Crippen molar-refractivity contribution in [2.75, 3.05) is 0 Å². The third kappa shape index (κ3) is 2.17. The van der Waals surface area contributed by atoms with Crippen LogP contribution in [0, 0.1) is 0 Å². The van der Waals surface area contributed by atoms with E-state index < -0.39 is 0 Å². The van der Waals surface area contributed by atoms with Crippen LogP contribution in [0.15, 0.2) is 30.9 Å². The minimum atomic E-state index is -0.134. The van der Waals surface area contributed by atoms with Gasteiger partial charge in [-0.3, -0.25) is 9.67 Å². The van der Waals surface area contributed by atoms with Crippen molar-refractivity contribution in [3.8, 4) is 17.6 Å². The van der Waals surface area contributed by atoms with Gasteiger partial charge < -0.3 is 9.84 Å². The van der Waals surface area contributed by atoms with Crippen LogP contribution in [0.5, 0.6) is 17.6 Å². The molecule has 0 saturated carbocycles. The first kappa shape index (κ1) is 11.4. The summed E-state index contributed by atoms with van der Waals surface area (Å²) in [5.74, 6) is 0.384. The van der Waals surface area contributed by atoms with Gasteiger partial charge in [-0.05, 0) is 13.0 Å². The van der Waals surface area contributed by atoms with Gasteiger partial charge in [-0.1, -0.05) is 0 Å². The Morgan fingerprint density at radius 1 is 1.32 bits per heavy atom. The van der Waals surface area contributed by atoms with Crippen molar-refractivity contribution in [3.05, 3.63) is 30.9 Å². The molecule has 0 aliphatic rings. The van der Waals surface area contributed by atoms with Crippen LogP contribution in [-0.4, -0.2) is 29.8 Å². The van der Waals surface area contributed by atoms with Gasteiger partial charge in [0, 0.05) is 12.7 Å². The molecule has 3 aromatic heterocycles. The van der Waals surface area contributed by atoms with Gasteiger partial charge in [0.15, 0.2) is 5.75 Å². The second-order valence-electron chi connectivity index (χ2n) is 3.86. The summed E-state index contributed by atoms with van der Waals surface area (Å²) in [6, 6.07) is 1.71. The molecule has 0 spiro atoms. The van der Waals surface area contributed by atoms with Crippen LogP contribution in [0.25, 0.3) is 10.9 Å². The van der Waals surface area contributed by atoms with Crippen molar-refractivity contribution in [1.82, 2.24) is 24.7 Å². The summed E-state index contributed by atoms with van der Waals surface area (Å²) in [6.45, 7) is 2.72. The van der Waals surface area contributed by atoms with Crippen LogP contribution >= 0.6 is 0 Å². The largest absolute Gasteiger partial charge is 0.493 e. The van der Waals surface area contributed by atoms with Crippen molar-refractivity contribution >= 4 is 10.9 Å². The molecule has 0 aliphatic heterocycles. The molecule has 0 atom stereocenters. The van der Waals surface area contributed by atoms with Crippen LogP contribution in [0.1, 0.15) is 6.92 Å². The Morgan fingerprint density at radius 3 is 3.00 bits per heavy atom. The number of aromatic nitrogens is 5. The van der Waals surface area contributed by atoms with Crippen molar-refractivity contribution < 1.29 is 9.84 Å². The molecule has 0 aromatic carbocycles. The van der Waals surface area contributed by atoms with Gasteiger partial charge in [-0.2, -0.15) is 15.1 Å². The van der Waals surface area contributed by atoms with Gasteiger partial charge in [0.1, 0.15) is 0 Å². The van der Waals surface area contributed by atoms with Crippen LogP contribution in [0.4, 0.5) is 0 Å². The van der Waals surface area contributed by atoms with Crippen LogP contribution < -0.4 is 4.74 Å². The lowest BCUT2D eigenvalue weighted by atomic mass is 10.3.